The molecule has 1 atom stereocenters. The van der Waals surface area contributed by atoms with Crippen LogP contribution in [0.15, 0.2) is 24.3 Å². The number of ether oxygens (including phenoxy) is 2. The number of para-hydroxylation sites is 2. The van der Waals surface area contributed by atoms with Gasteiger partial charge < -0.3 is 14.4 Å². The highest BCUT2D eigenvalue weighted by atomic mass is 79.9. The van der Waals surface area contributed by atoms with Crippen LogP contribution < -0.4 is 9.64 Å². The summed E-state index contributed by atoms with van der Waals surface area (Å²) in [6.45, 7) is 2.26. The van der Waals surface area contributed by atoms with E-state index in [9.17, 15) is 4.79 Å². The van der Waals surface area contributed by atoms with E-state index in [4.69, 9.17) is 9.47 Å². The Labute approximate surface area is 133 Å². The quantitative estimate of drug-likeness (QED) is 0.781. The minimum Gasteiger partial charge on any atom is -0.488 e. The monoisotopic (exact) mass is 353 g/mol. The molecule has 4 nitrogen and oxygen atoms in total. The number of hydrogen-bond acceptors (Lipinski definition) is 3. The largest absolute Gasteiger partial charge is 0.488 e. The molecule has 0 aliphatic carbocycles. The van der Waals surface area contributed by atoms with Crippen LogP contribution in [0.4, 0.5) is 5.69 Å². The van der Waals surface area contributed by atoms with Gasteiger partial charge in [-0.15, -0.1) is 0 Å². The van der Waals surface area contributed by atoms with Crippen molar-refractivity contribution < 1.29 is 14.3 Å². The molecule has 0 spiro atoms. The summed E-state index contributed by atoms with van der Waals surface area (Å²) in [6, 6.07) is 7.85. The van der Waals surface area contributed by atoms with Crippen molar-refractivity contribution in [2.75, 3.05) is 30.0 Å². The van der Waals surface area contributed by atoms with E-state index >= 15 is 0 Å². The minimum atomic E-state index is 0.183. The van der Waals surface area contributed by atoms with E-state index < -0.39 is 0 Å². The fourth-order valence-electron chi connectivity index (χ4n) is 2.87. The number of rotatable bonds is 4. The Balaban J connectivity index is 1.77. The number of carbonyl (C=O) groups excluding carboxylic acids is 1. The van der Waals surface area contributed by atoms with Crippen molar-refractivity contribution in [2.45, 2.75) is 25.4 Å². The Morgan fingerprint density at radius 3 is 2.76 bits per heavy atom. The Bertz CT molecular complexity index is 502. The van der Waals surface area contributed by atoms with Gasteiger partial charge in [-0.2, -0.15) is 0 Å². The Hall–Kier alpha value is -1.07. The molecule has 3 rings (SSSR count). The fraction of sp³-hybridized carbons (Fsp3) is 0.562. The highest BCUT2D eigenvalue weighted by Crippen LogP contribution is 2.34. The summed E-state index contributed by atoms with van der Waals surface area (Å²) in [5.74, 6) is 1.38. The molecular formula is C16H20BrNO3. The summed E-state index contributed by atoms with van der Waals surface area (Å²) < 4.78 is 11.5. The number of hydrogen-bond donors (Lipinski definition) is 0. The maximum Gasteiger partial charge on any atom is 0.227 e. The topological polar surface area (TPSA) is 38.8 Å². The normalized spacial score (nSPS) is 23.6. The van der Waals surface area contributed by atoms with Gasteiger partial charge in [0, 0.05) is 31.1 Å². The van der Waals surface area contributed by atoms with Crippen LogP contribution in [0.1, 0.15) is 19.3 Å². The number of amides is 1. The lowest BCUT2D eigenvalue weighted by Gasteiger charge is -2.26. The first-order valence-corrected chi connectivity index (χ1v) is 8.60. The average Bonchev–Trinajstić information content (AvgIpc) is 2.90. The summed E-state index contributed by atoms with van der Waals surface area (Å²) in [7, 11) is 0. The number of halogens is 1. The molecule has 2 saturated heterocycles. The van der Waals surface area contributed by atoms with Gasteiger partial charge in [0.1, 0.15) is 11.9 Å². The zero-order valence-electron chi connectivity index (χ0n) is 12.0. The molecule has 1 aromatic rings. The molecule has 0 N–H and O–H groups in total. The van der Waals surface area contributed by atoms with Crippen LogP contribution in [0.25, 0.3) is 0 Å². The smallest absolute Gasteiger partial charge is 0.227 e. The van der Waals surface area contributed by atoms with Crippen molar-refractivity contribution in [3.8, 4) is 5.75 Å². The van der Waals surface area contributed by atoms with E-state index in [1.807, 2.05) is 29.2 Å². The van der Waals surface area contributed by atoms with Crippen molar-refractivity contribution in [1.82, 2.24) is 0 Å². The summed E-state index contributed by atoms with van der Waals surface area (Å²) in [5.41, 5.74) is 0.900. The van der Waals surface area contributed by atoms with E-state index in [1.54, 1.807) is 0 Å². The molecule has 21 heavy (non-hydrogen) atoms. The molecule has 0 bridgehead atoms. The molecule has 5 heteroatoms. The van der Waals surface area contributed by atoms with Crippen LogP contribution in [-0.4, -0.2) is 37.1 Å². The highest BCUT2D eigenvalue weighted by Gasteiger charge is 2.31. The van der Waals surface area contributed by atoms with E-state index in [0.29, 0.717) is 12.3 Å². The molecular weight excluding hydrogens is 334 g/mol. The van der Waals surface area contributed by atoms with Gasteiger partial charge in [-0.05, 0) is 18.1 Å². The second kappa shape index (κ2) is 6.79. The van der Waals surface area contributed by atoms with E-state index in [0.717, 1.165) is 49.4 Å². The lowest BCUT2D eigenvalue weighted by molar-refractivity contribution is -0.117. The van der Waals surface area contributed by atoms with Crippen LogP contribution >= 0.6 is 15.9 Å². The standard InChI is InChI=1S/C16H20BrNO3/c17-10-12-9-16(19)18(11-12)14-3-1-2-4-15(14)21-13-5-7-20-8-6-13/h1-4,12-13H,5-11H2. The highest BCUT2D eigenvalue weighted by molar-refractivity contribution is 9.09. The van der Waals surface area contributed by atoms with Crippen LogP contribution in [0.2, 0.25) is 0 Å². The van der Waals surface area contributed by atoms with Gasteiger partial charge in [0.25, 0.3) is 0 Å². The van der Waals surface area contributed by atoms with Crippen molar-refractivity contribution >= 4 is 27.5 Å². The predicted octanol–water partition coefficient (Wildman–Crippen LogP) is 2.99. The zero-order chi connectivity index (χ0) is 14.7. The Morgan fingerprint density at radius 1 is 1.29 bits per heavy atom. The van der Waals surface area contributed by atoms with Crippen molar-refractivity contribution in [1.29, 1.82) is 0 Å². The van der Waals surface area contributed by atoms with Crippen molar-refractivity contribution in [2.24, 2.45) is 5.92 Å². The van der Waals surface area contributed by atoms with Crippen molar-refractivity contribution in [3.05, 3.63) is 24.3 Å². The molecule has 2 aliphatic heterocycles. The molecule has 2 aliphatic rings. The molecule has 0 saturated carbocycles. The van der Waals surface area contributed by atoms with Gasteiger partial charge >= 0.3 is 0 Å². The Kier molecular flexibility index (Phi) is 4.80. The number of alkyl halides is 1. The van der Waals surface area contributed by atoms with Crippen LogP contribution in [-0.2, 0) is 9.53 Å². The van der Waals surface area contributed by atoms with Gasteiger partial charge in [0.05, 0.1) is 18.9 Å². The maximum absolute atomic E-state index is 12.2. The third kappa shape index (κ3) is 3.40. The molecule has 0 radical (unpaired) electrons. The third-order valence-corrected chi connectivity index (χ3v) is 4.96. The van der Waals surface area contributed by atoms with Crippen LogP contribution in [0.3, 0.4) is 0 Å². The summed E-state index contributed by atoms with van der Waals surface area (Å²) in [5, 5.41) is 0.859. The number of anilines is 1. The lowest BCUT2D eigenvalue weighted by Crippen LogP contribution is -2.29. The molecule has 114 valence electrons. The number of nitrogens with zero attached hydrogens (tertiary/aromatic N) is 1. The van der Waals surface area contributed by atoms with Gasteiger partial charge in [0.15, 0.2) is 0 Å². The first kappa shape index (κ1) is 14.9. The molecule has 1 aromatic carbocycles. The number of carbonyl (C=O) groups is 1. The molecule has 2 fully saturated rings. The second-order valence-electron chi connectivity index (χ2n) is 5.63. The van der Waals surface area contributed by atoms with Crippen LogP contribution in [0.5, 0.6) is 5.75 Å². The Morgan fingerprint density at radius 2 is 2.05 bits per heavy atom. The SMILES string of the molecule is O=C1CC(CBr)CN1c1ccccc1OC1CCOCC1. The zero-order valence-corrected chi connectivity index (χ0v) is 13.5. The first-order valence-electron chi connectivity index (χ1n) is 7.47. The average molecular weight is 354 g/mol. The van der Waals surface area contributed by atoms with Gasteiger partial charge in [0.2, 0.25) is 5.91 Å². The molecule has 1 amide bonds. The van der Waals surface area contributed by atoms with Gasteiger partial charge in [-0.25, -0.2) is 0 Å². The van der Waals surface area contributed by atoms with Crippen molar-refractivity contribution in [3.63, 3.8) is 0 Å². The summed E-state index contributed by atoms with van der Waals surface area (Å²) >= 11 is 3.48. The maximum atomic E-state index is 12.2. The minimum absolute atomic E-state index is 0.183. The number of benzene rings is 1. The molecule has 1 unspecified atom stereocenters. The predicted molar refractivity (Wildman–Crippen MR) is 85.2 cm³/mol. The summed E-state index contributed by atoms with van der Waals surface area (Å²) in [6.07, 6.45) is 2.61. The summed E-state index contributed by atoms with van der Waals surface area (Å²) in [4.78, 5) is 14.1. The van der Waals surface area contributed by atoms with Gasteiger partial charge in [-0.1, -0.05) is 28.1 Å². The van der Waals surface area contributed by atoms with E-state index in [-0.39, 0.29) is 12.0 Å². The first-order chi connectivity index (χ1) is 10.3. The third-order valence-electron chi connectivity index (χ3n) is 4.04. The second-order valence-corrected chi connectivity index (χ2v) is 6.27. The van der Waals surface area contributed by atoms with E-state index in [1.165, 1.54) is 0 Å². The molecule has 2 heterocycles. The fourth-order valence-corrected chi connectivity index (χ4v) is 3.30. The van der Waals surface area contributed by atoms with Crippen LogP contribution in [0, 0.1) is 5.92 Å². The van der Waals surface area contributed by atoms with Gasteiger partial charge in [-0.3, -0.25) is 4.79 Å². The van der Waals surface area contributed by atoms with E-state index in [2.05, 4.69) is 15.9 Å². The molecule has 0 aromatic heterocycles. The lowest BCUT2D eigenvalue weighted by atomic mass is 10.1.